The first-order valence-electron chi connectivity index (χ1n) is 5.98. The fourth-order valence-corrected chi connectivity index (χ4v) is 1.85. The van der Waals surface area contributed by atoms with E-state index in [4.69, 9.17) is 5.11 Å². The van der Waals surface area contributed by atoms with E-state index in [2.05, 4.69) is 20.8 Å². The first kappa shape index (κ1) is 12.8. The number of hydrogen-bond donors (Lipinski definition) is 1. The van der Waals surface area contributed by atoms with Gasteiger partial charge in [-0.05, 0) is 30.9 Å². The standard InChI is InChI=1S/C13H21NO2/c1-4-5-6-11-7-8-12(13(15)16)14(11)9-10(2)3/h7-8,10H,4-6,9H2,1-3H3,(H,15,16). The van der Waals surface area contributed by atoms with Crippen molar-refractivity contribution in [2.75, 3.05) is 0 Å². The monoisotopic (exact) mass is 223 g/mol. The Labute approximate surface area is 97.1 Å². The highest BCUT2D eigenvalue weighted by Gasteiger charge is 2.14. The average Bonchev–Trinajstić information content (AvgIpc) is 2.57. The van der Waals surface area contributed by atoms with Crippen LogP contribution in [0.5, 0.6) is 0 Å². The molecule has 3 heteroatoms. The molecule has 0 fully saturated rings. The molecule has 1 heterocycles. The number of nitrogens with zero attached hydrogens (tertiary/aromatic N) is 1. The van der Waals surface area contributed by atoms with Crippen LogP contribution in [0.1, 0.15) is 49.8 Å². The van der Waals surface area contributed by atoms with Crippen LogP contribution < -0.4 is 0 Å². The van der Waals surface area contributed by atoms with Crippen LogP contribution in [0, 0.1) is 5.92 Å². The van der Waals surface area contributed by atoms with E-state index < -0.39 is 5.97 Å². The van der Waals surface area contributed by atoms with Crippen molar-refractivity contribution >= 4 is 5.97 Å². The molecule has 0 atom stereocenters. The van der Waals surface area contributed by atoms with Crippen molar-refractivity contribution < 1.29 is 9.90 Å². The summed E-state index contributed by atoms with van der Waals surface area (Å²) in [6, 6.07) is 3.66. The van der Waals surface area contributed by atoms with Crippen molar-refractivity contribution in [1.29, 1.82) is 0 Å². The molecule has 0 radical (unpaired) electrons. The van der Waals surface area contributed by atoms with Crippen LogP contribution in [-0.2, 0) is 13.0 Å². The number of carboxylic acid groups (broad SMARTS) is 1. The maximum Gasteiger partial charge on any atom is 0.352 e. The molecule has 16 heavy (non-hydrogen) atoms. The van der Waals surface area contributed by atoms with E-state index in [1.165, 1.54) is 0 Å². The van der Waals surface area contributed by atoms with Gasteiger partial charge in [-0.15, -0.1) is 0 Å². The number of aryl methyl sites for hydroxylation is 1. The summed E-state index contributed by atoms with van der Waals surface area (Å²) in [5, 5.41) is 9.10. The van der Waals surface area contributed by atoms with Crippen molar-refractivity contribution in [2.45, 2.75) is 46.6 Å². The predicted octanol–water partition coefficient (Wildman–Crippen LogP) is 3.18. The number of rotatable bonds is 6. The van der Waals surface area contributed by atoms with Gasteiger partial charge in [0.25, 0.3) is 0 Å². The van der Waals surface area contributed by atoms with Gasteiger partial charge in [0.15, 0.2) is 0 Å². The highest BCUT2D eigenvalue weighted by molar-refractivity contribution is 5.86. The zero-order valence-electron chi connectivity index (χ0n) is 10.4. The summed E-state index contributed by atoms with van der Waals surface area (Å²) in [6.45, 7) is 7.14. The lowest BCUT2D eigenvalue weighted by Crippen LogP contribution is -2.14. The Morgan fingerprint density at radius 3 is 2.62 bits per heavy atom. The van der Waals surface area contributed by atoms with Crippen molar-refractivity contribution in [1.82, 2.24) is 4.57 Å². The minimum atomic E-state index is -0.830. The Balaban J connectivity index is 2.94. The van der Waals surface area contributed by atoms with Gasteiger partial charge >= 0.3 is 5.97 Å². The Kier molecular flexibility index (Phi) is 4.59. The molecule has 90 valence electrons. The topological polar surface area (TPSA) is 42.2 Å². The summed E-state index contributed by atoms with van der Waals surface area (Å²) >= 11 is 0. The van der Waals surface area contributed by atoms with Crippen molar-refractivity contribution in [2.24, 2.45) is 5.92 Å². The van der Waals surface area contributed by atoms with Crippen LogP contribution in [0.3, 0.4) is 0 Å². The molecule has 1 N–H and O–H groups in total. The molecule has 0 bridgehead atoms. The number of aromatic nitrogens is 1. The van der Waals surface area contributed by atoms with Gasteiger partial charge in [0, 0.05) is 12.2 Å². The lowest BCUT2D eigenvalue weighted by Gasteiger charge is -2.13. The number of aromatic carboxylic acids is 1. The zero-order valence-corrected chi connectivity index (χ0v) is 10.4. The molecule has 0 spiro atoms. The van der Waals surface area contributed by atoms with Crippen LogP contribution in [0.25, 0.3) is 0 Å². The molecule has 1 rings (SSSR count). The molecule has 3 nitrogen and oxygen atoms in total. The molecular formula is C13H21NO2. The molecule has 0 aromatic carbocycles. The van der Waals surface area contributed by atoms with Crippen LogP contribution in [0.4, 0.5) is 0 Å². The molecule has 0 aliphatic rings. The second kappa shape index (κ2) is 5.73. The maximum atomic E-state index is 11.1. The van der Waals surface area contributed by atoms with Gasteiger partial charge < -0.3 is 9.67 Å². The quantitative estimate of drug-likeness (QED) is 0.804. The molecule has 0 aliphatic heterocycles. The van der Waals surface area contributed by atoms with Crippen LogP contribution >= 0.6 is 0 Å². The Morgan fingerprint density at radius 1 is 1.44 bits per heavy atom. The first-order chi connectivity index (χ1) is 7.56. The summed E-state index contributed by atoms with van der Waals surface area (Å²) in [5.74, 6) is -0.366. The van der Waals surface area contributed by atoms with Gasteiger partial charge in [-0.1, -0.05) is 27.2 Å². The van der Waals surface area contributed by atoms with Crippen molar-refractivity contribution in [3.8, 4) is 0 Å². The normalized spacial score (nSPS) is 11.0. The van der Waals surface area contributed by atoms with E-state index in [-0.39, 0.29) is 0 Å². The average molecular weight is 223 g/mol. The molecule has 0 saturated heterocycles. The zero-order chi connectivity index (χ0) is 12.1. The lowest BCUT2D eigenvalue weighted by atomic mass is 10.2. The van der Waals surface area contributed by atoms with E-state index in [1.807, 2.05) is 10.6 Å². The molecule has 0 saturated carbocycles. The maximum absolute atomic E-state index is 11.1. The molecular weight excluding hydrogens is 202 g/mol. The number of carboxylic acids is 1. The Morgan fingerprint density at radius 2 is 2.12 bits per heavy atom. The molecule has 1 aromatic heterocycles. The minimum Gasteiger partial charge on any atom is -0.477 e. The van der Waals surface area contributed by atoms with E-state index in [0.29, 0.717) is 11.6 Å². The first-order valence-corrected chi connectivity index (χ1v) is 5.98. The Bertz CT molecular complexity index is 353. The smallest absolute Gasteiger partial charge is 0.352 e. The number of carbonyl (C=O) groups is 1. The molecule has 1 aromatic rings. The highest BCUT2D eigenvalue weighted by Crippen LogP contribution is 2.15. The lowest BCUT2D eigenvalue weighted by molar-refractivity contribution is 0.0684. The predicted molar refractivity (Wildman–Crippen MR) is 64.8 cm³/mol. The Hall–Kier alpha value is -1.25. The third-order valence-corrected chi connectivity index (χ3v) is 2.62. The van der Waals surface area contributed by atoms with Gasteiger partial charge in [0.1, 0.15) is 5.69 Å². The van der Waals surface area contributed by atoms with E-state index >= 15 is 0 Å². The largest absolute Gasteiger partial charge is 0.477 e. The number of hydrogen-bond acceptors (Lipinski definition) is 1. The molecule has 0 unspecified atom stereocenters. The summed E-state index contributed by atoms with van der Waals surface area (Å²) in [4.78, 5) is 11.1. The van der Waals surface area contributed by atoms with Gasteiger partial charge in [0.2, 0.25) is 0 Å². The second-order valence-corrected chi connectivity index (χ2v) is 4.62. The fourth-order valence-electron chi connectivity index (χ4n) is 1.85. The third-order valence-electron chi connectivity index (χ3n) is 2.62. The van der Waals surface area contributed by atoms with Crippen molar-refractivity contribution in [3.05, 3.63) is 23.5 Å². The van der Waals surface area contributed by atoms with Gasteiger partial charge in [-0.3, -0.25) is 0 Å². The minimum absolute atomic E-state index is 0.416. The van der Waals surface area contributed by atoms with Gasteiger partial charge in [0.05, 0.1) is 0 Å². The highest BCUT2D eigenvalue weighted by atomic mass is 16.4. The summed E-state index contributed by atoms with van der Waals surface area (Å²) in [5.41, 5.74) is 1.56. The van der Waals surface area contributed by atoms with E-state index in [9.17, 15) is 4.79 Å². The van der Waals surface area contributed by atoms with Gasteiger partial charge in [-0.2, -0.15) is 0 Å². The second-order valence-electron chi connectivity index (χ2n) is 4.62. The van der Waals surface area contributed by atoms with Crippen LogP contribution in [-0.4, -0.2) is 15.6 Å². The van der Waals surface area contributed by atoms with Crippen LogP contribution in [0.2, 0.25) is 0 Å². The van der Waals surface area contributed by atoms with Gasteiger partial charge in [-0.25, -0.2) is 4.79 Å². The van der Waals surface area contributed by atoms with Crippen molar-refractivity contribution in [3.63, 3.8) is 0 Å². The SMILES string of the molecule is CCCCc1ccc(C(=O)O)n1CC(C)C. The summed E-state index contributed by atoms with van der Waals surface area (Å²) < 4.78 is 1.95. The number of unbranched alkanes of at least 4 members (excludes halogenated alkanes) is 1. The third kappa shape index (κ3) is 3.12. The fraction of sp³-hybridized carbons (Fsp3) is 0.615. The van der Waals surface area contributed by atoms with E-state index in [0.717, 1.165) is 31.5 Å². The molecule has 0 amide bonds. The van der Waals surface area contributed by atoms with E-state index in [1.54, 1.807) is 6.07 Å². The summed E-state index contributed by atoms with van der Waals surface area (Å²) in [7, 11) is 0. The molecule has 0 aliphatic carbocycles. The van der Waals surface area contributed by atoms with Crippen LogP contribution in [0.15, 0.2) is 12.1 Å². The summed E-state index contributed by atoms with van der Waals surface area (Å²) in [6.07, 6.45) is 3.22.